The minimum atomic E-state index is -0.159. The standard InChI is InChI=1S/C17H25BrO2/c1-12(19)6-7-14-8-10-15(11-9-14)20-17-5-3-4-16(18)13(17)2/h3-5,12,14-15,19H,6-11H2,1-2H3/t12-,14?,15?/m1/s1. The maximum Gasteiger partial charge on any atom is 0.123 e. The summed E-state index contributed by atoms with van der Waals surface area (Å²) in [5.74, 6) is 1.78. The molecule has 0 amide bonds. The van der Waals surface area contributed by atoms with Gasteiger partial charge in [0.2, 0.25) is 0 Å². The molecule has 1 fully saturated rings. The van der Waals surface area contributed by atoms with Gasteiger partial charge in [0, 0.05) is 10.0 Å². The molecule has 1 aromatic carbocycles. The number of halogens is 1. The zero-order valence-corrected chi connectivity index (χ0v) is 14.0. The first-order chi connectivity index (χ1) is 9.56. The molecule has 1 N–H and O–H groups in total. The van der Waals surface area contributed by atoms with Gasteiger partial charge in [0.05, 0.1) is 12.2 Å². The molecule has 1 saturated carbocycles. The lowest BCUT2D eigenvalue weighted by Gasteiger charge is -2.29. The predicted molar refractivity (Wildman–Crippen MR) is 86.2 cm³/mol. The summed E-state index contributed by atoms with van der Waals surface area (Å²) in [4.78, 5) is 0. The fraction of sp³-hybridized carbons (Fsp3) is 0.647. The Morgan fingerprint density at radius 2 is 2.00 bits per heavy atom. The van der Waals surface area contributed by atoms with Gasteiger partial charge in [-0.2, -0.15) is 0 Å². The lowest BCUT2D eigenvalue weighted by atomic mass is 9.84. The van der Waals surface area contributed by atoms with Crippen LogP contribution < -0.4 is 4.74 Å². The van der Waals surface area contributed by atoms with Crippen molar-refractivity contribution in [3.63, 3.8) is 0 Å². The quantitative estimate of drug-likeness (QED) is 0.829. The highest BCUT2D eigenvalue weighted by Crippen LogP contribution is 2.33. The van der Waals surface area contributed by atoms with Crippen molar-refractivity contribution in [3.8, 4) is 5.75 Å². The zero-order chi connectivity index (χ0) is 14.5. The average Bonchev–Trinajstić information content (AvgIpc) is 2.43. The Balaban J connectivity index is 1.81. The molecule has 2 rings (SSSR count). The topological polar surface area (TPSA) is 29.5 Å². The first-order valence-electron chi connectivity index (χ1n) is 7.66. The molecule has 0 saturated heterocycles. The normalized spacial score (nSPS) is 24.4. The van der Waals surface area contributed by atoms with E-state index in [1.54, 1.807) is 0 Å². The smallest absolute Gasteiger partial charge is 0.123 e. The van der Waals surface area contributed by atoms with Crippen LogP contribution in [0.1, 0.15) is 51.0 Å². The summed E-state index contributed by atoms with van der Waals surface area (Å²) in [6.45, 7) is 3.97. The largest absolute Gasteiger partial charge is 0.490 e. The number of hydrogen-bond donors (Lipinski definition) is 1. The SMILES string of the molecule is Cc1c(Br)cccc1OC1CCC(CC[C@@H](C)O)CC1. The molecular formula is C17H25BrO2. The Morgan fingerprint density at radius 1 is 1.30 bits per heavy atom. The molecule has 0 radical (unpaired) electrons. The maximum absolute atomic E-state index is 9.36. The molecule has 0 aliphatic heterocycles. The molecule has 2 nitrogen and oxygen atoms in total. The molecular weight excluding hydrogens is 316 g/mol. The van der Waals surface area contributed by atoms with Gasteiger partial charge >= 0.3 is 0 Å². The van der Waals surface area contributed by atoms with Crippen molar-refractivity contribution >= 4 is 15.9 Å². The van der Waals surface area contributed by atoms with E-state index in [4.69, 9.17) is 4.74 Å². The number of rotatable bonds is 5. The molecule has 0 bridgehead atoms. The van der Waals surface area contributed by atoms with Crippen molar-refractivity contribution < 1.29 is 9.84 Å². The van der Waals surface area contributed by atoms with Gasteiger partial charge in [0.25, 0.3) is 0 Å². The van der Waals surface area contributed by atoms with Crippen molar-refractivity contribution in [2.75, 3.05) is 0 Å². The van der Waals surface area contributed by atoms with Crippen LogP contribution in [0, 0.1) is 12.8 Å². The Kier molecular flexibility index (Phi) is 5.91. The van der Waals surface area contributed by atoms with E-state index in [-0.39, 0.29) is 6.10 Å². The average molecular weight is 341 g/mol. The van der Waals surface area contributed by atoms with Gasteiger partial charge in [-0.05, 0) is 70.4 Å². The van der Waals surface area contributed by atoms with Crippen LogP contribution in [0.2, 0.25) is 0 Å². The van der Waals surface area contributed by atoms with Crippen LogP contribution in [0.15, 0.2) is 22.7 Å². The van der Waals surface area contributed by atoms with E-state index in [0.717, 1.165) is 41.8 Å². The molecule has 0 spiro atoms. The molecule has 3 heteroatoms. The van der Waals surface area contributed by atoms with Gasteiger partial charge in [-0.25, -0.2) is 0 Å². The van der Waals surface area contributed by atoms with Crippen LogP contribution in [0.25, 0.3) is 0 Å². The summed E-state index contributed by atoms with van der Waals surface area (Å²) < 4.78 is 7.27. The van der Waals surface area contributed by atoms with Crippen LogP contribution in [0.3, 0.4) is 0 Å². The molecule has 1 aliphatic carbocycles. The highest BCUT2D eigenvalue weighted by atomic mass is 79.9. The highest BCUT2D eigenvalue weighted by molar-refractivity contribution is 9.10. The van der Waals surface area contributed by atoms with Crippen molar-refractivity contribution in [1.29, 1.82) is 0 Å². The number of ether oxygens (including phenoxy) is 1. The van der Waals surface area contributed by atoms with E-state index in [1.807, 2.05) is 13.0 Å². The van der Waals surface area contributed by atoms with Crippen LogP contribution in [-0.2, 0) is 0 Å². The summed E-state index contributed by atoms with van der Waals surface area (Å²) in [5, 5.41) is 9.36. The first kappa shape index (κ1) is 15.8. The summed E-state index contributed by atoms with van der Waals surface area (Å²) in [5.41, 5.74) is 1.18. The lowest BCUT2D eigenvalue weighted by Crippen LogP contribution is -2.24. The molecule has 1 aromatic rings. The molecule has 1 atom stereocenters. The Morgan fingerprint density at radius 3 is 2.65 bits per heavy atom. The van der Waals surface area contributed by atoms with Gasteiger partial charge in [0.1, 0.15) is 5.75 Å². The molecule has 0 unspecified atom stereocenters. The van der Waals surface area contributed by atoms with E-state index in [1.165, 1.54) is 18.4 Å². The van der Waals surface area contributed by atoms with Crippen molar-refractivity contribution in [3.05, 3.63) is 28.2 Å². The van der Waals surface area contributed by atoms with Crippen LogP contribution in [0.4, 0.5) is 0 Å². The Bertz CT molecular complexity index is 423. The van der Waals surface area contributed by atoms with Crippen LogP contribution in [-0.4, -0.2) is 17.3 Å². The van der Waals surface area contributed by atoms with E-state index in [2.05, 4.69) is 35.0 Å². The summed E-state index contributed by atoms with van der Waals surface area (Å²) in [6.07, 6.45) is 7.00. The highest BCUT2D eigenvalue weighted by Gasteiger charge is 2.23. The van der Waals surface area contributed by atoms with Crippen LogP contribution in [0.5, 0.6) is 5.75 Å². The van der Waals surface area contributed by atoms with E-state index in [9.17, 15) is 5.11 Å². The first-order valence-corrected chi connectivity index (χ1v) is 8.45. The minimum Gasteiger partial charge on any atom is -0.490 e. The molecule has 112 valence electrons. The van der Waals surface area contributed by atoms with E-state index >= 15 is 0 Å². The summed E-state index contributed by atoms with van der Waals surface area (Å²) in [6, 6.07) is 6.13. The van der Waals surface area contributed by atoms with E-state index in [0.29, 0.717) is 6.10 Å². The third-order valence-electron chi connectivity index (χ3n) is 4.30. The number of aliphatic hydroxyl groups excluding tert-OH is 1. The Labute approximate surface area is 130 Å². The third-order valence-corrected chi connectivity index (χ3v) is 5.16. The predicted octanol–water partition coefficient (Wildman–Crippen LogP) is 4.86. The number of hydrogen-bond acceptors (Lipinski definition) is 2. The van der Waals surface area contributed by atoms with Gasteiger partial charge in [-0.15, -0.1) is 0 Å². The molecule has 20 heavy (non-hydrogen) atoms. The lowest BCUT2D eigenvalue weighted by molar-refractivity contribution is 0.116. The van der Waals surface area contributed by atoms with Gasteiger partial charge in [-0.3, -0.25) is 0 Å². The van der Waals surface area contributed by atoms with Gasteiger partial charge in [-0.1, -0.05) is 22.0 Å². The van der Waals surface area contributed by atoms with Crippen molar-refractivity contribution in [1.82, 2.24) is 0 Å². The van der Waals surface area contributed by atoms with Crippen molar-refractivity contribution in [2.24, 2.45) is 5.92 Å². The minimum absolute atomic E-state index is 0.159. The fourth-order valence-corrected chi connectivity index (χ4v) is 3.26. The van der Waals surface area contributed by atoms with Crippen LogP contribution >= 0.6 is 15.9 Å². The Hall–Kier alpha value is -0.540. The molecule has 1 aliphatic rings. The monoisotopic (exact) mass is 340 g/mol. The van der Waals surface area contributed by atoms with Gasteiger partial charge < -0.3 is 9.84 Å². The second kappa shape index (κ2) is 7.46. The molecule has 0 aromatic heterocycles. The van der Waals surface area contributed by atoms with Gasteiger partial charge in [0.15, 0.2) is 0 Å². The van der Waals surface area contributed by atoms with Crippen molar-refractivity contribution in [2.45, 2.75) is 64.6 Å². The summed E-state index contributed by atoms with van der Waals surface area (Å²) in [7, 11) is 0. The fourth-order valence-electron chi connectivity index (χ4n) is 2.91. The number of aliphatic hydroxyl groups is 1. The summed E-state index contributed by atoms with van der Waals surface area (Å²) >= 11 is 3.55. The second-order valence-electron chi connectivity index (χ2n) is 6.05. The number of benzene rings is 1. The third kappa shape index (κ3) is 4.49. The van der Waals surface area contributed by atoms with E-state index < -0.39 is 0 Å². The zero-order valence-electron chi connectivity index (χ0n) is 12.4. The second-order valence-corrected chi connectivity index (χ2v) is 6.90. The maximum atomic E-state index is 9.36. The molecule has 0 heterocycles.